The van der Waals surface area contributed by atoms with Crippen LogP contribution in [0, 0.1) is 5.82 Å². The molecule has 0 N–H and O–H groups in total. The van der Waals surface area contributed by atoms with Gasteiger partial charge in [-0.1, -0.05) is 0 Å². The first-order valence-electron chi connectivity index (χ1n) is 8.95. The van der Waals surface area contributed by atoms with Gasteiger partial charge in [0.15, 0.2) is 5.65 Å². The minimum atomic E-state index is -0.240. The zero-order chi connectivity index (χ0) is 17.5. The van der Waals surface area contributed by atoms with Crippen molar-refractivity contribution in [2.45, 2.75) is 6.04 Å². The van der Waals surface area contributed by atoms with Gasteiger partial charge in [-0.05, 0) is 24.3 Å². The summed E-state index contributed by atoms with van der Waals surface area (Å²) >= 11 is 0. The zero-order valence-corrected chi connectivity index (χ0v) is 14.4. The molecule has 3 aromatic rings. The van der Waals surface area contributed by atoms with Gasteiger partial charge in [-0.15, -0.1) is 0 Å². The highest BCUT2D eigenvalue weighted by Gasteiger charge is 2.34. The SMILES string of the molecule is Fc1ccc(-c2cc(N3CC(N4CCOCC4)C3)n3nccc3n2)cc1. The summed E-state index contributed by atoms with van der Waals surface area (Å²) in [6.45, 7) is 5.61. The first kappa shape index (κ1) is 15.7. The van der Waals surface area contributed by atoms with E-state index >= 15 is 0 Å². The first-order valence-corrected chi connectivity index (χ1v) is 8.95. The fourth-order valence-electron chi connectivity index (χ4n) is 3.71. The Labute approximate surface area is 150 Å². The average molecular weight is 353 g/mol. The summed E-state index contributed by atoms with van der Waals surface area (Å²) in [5, 5.41) is 4.43. The van der Waals surface area contributed by atoms with E-state index in [9.17, 15) is 4.39 Å². The molecule has 2 aliphatic heterocycles. The second-order valence-electron chi connectivity index (χ2n) is 6.81. The predicted octanol–water partition coefficient (Wildman–Crippen LogP) is 2.06. The van der Waals surface area contributed by atoms with E-state index in [4.69, 9.17) is 4.74 Å². The van der Waals surface area contributed by atoms with Crippen LogP contribution in [0.3, 0.4) is 0 Å². The van der Waals surface area contributed by atoms with E-state index in [0.717, 1.165) is 62.1 Å². The van der Waals surface area contributed by atoms with Crippen LogP contribution in [0.15, 0.2) is 42.6 Å². The van der Waals surface area contributed by atoms with Crippen molar-refractivity contribution in [3.8, 4) is 11.3 Å². The number of rotatable bonds is 3. The molecular formula is C19H20FN5O. The van der Waals surface area contributed by atoms with Crippen LogP contribution in [-0.4, -0.2) is 64.9 Å². The Bertz CT molecular complexity index is 913. The third-order valence-corrected chi connectivity index (χ3v) is 5.23. The van der Waals surface area contributed by atoms with Gasteiger partial charge in [0.25, 0.3) is 0 Å². The van der Waals surface area contributed by atoms with Crippen molar-refractivity contribution >= 4 is 11.5 Å². The molecule has 0 saturated carbocycles. The van der Waals surface area contributed by atoms with Crippen molar-refractivity contribution in [1.82, 2.24) is 19.5 Å². The Hall–Kier alpha value is -2.51. The van der Waals surface area contributed by atoms with E-state index in [0.29, 0.717) is 6.04 Å². The molecule has 6 nitrogen and oxygen atoms in total. The lowest BCUT2D eigenvalue weighted by Crippen LogP contribution is -2.62. The van der Waals surface area contributed by atoms with E-state index in [2.05, 4.69) is 19.9 Å². The summed E-state index contributed by atoms with van der Waals surface area (Å²) in [5.41, 5.74) is 2.54. The summed E-state index contributed by atoms with van der Waals surface area (Å²) in [7, 11) is 0. The van der Waals surface area contributed by atoms with E-state index in [-0.39, 0.29) is 5.82 Å². The van der Waals surface area contributed by atoms with Gasteiger partial charge in [-0.2, -0.15) is 9.61 Å². The molecule has 134 valence electrons. The third kappa shape index (κ3) is 2.73. The molecule has 1 aromatic carbocycles. The summed E-state index contributed by atoms with van der Waals surface area (Å²) in [4.78, 5) is 9.50. The number of morpholine rings is 1. The molecule has 4 heterocycles. The smallest absolute Gasteiger partial charge is 0.157 e. The number of anilines is 1. The molecule has 0 unspecified atom stereocenters. The Kier molecular flexibility index (Phi) is 3.83. The topological polar surface area (TPSA) is 45.9 Å². The standard InChI is InChI=1S/C19H20FN5O/c20-15-3-1-14(2-4-15)17-11-19(25-18(22-17)5-6-21-25)24-12-16(13-24)23-7-9-26-10-8-23/h1-6,11,16H,7-10,12-13H2. The molecule has 0 spiro atoms. The van der Waals surface area contributed by atoms with Crippen molar-refractivity contribution in [3.63, 3.8) is 0 Å². The second-order valence-corrected chi connectivity index (χ2v) is 6.81. The molecule has 7 heteroatoms. The molecule has 2 aliphatic rings. The maximum absolute atomic E-state index is 13.2. The molecular weight excluding hydrogens is 333 g/mol. The highest BCUT2D eigenvalue weighted by molar-refractivity contribution is 5.67. The van der Waals surface area contributed by atoms with E-state index in [1.165, 1.54) is 12.1 Å². The summed E-state index contributed by atoms with van der Waals surface area (Å²) in [5.74, 6) is 0.791. The van der Waals surface area contributed by atoms with E-state index in [1.54, 1.807) is 18.3 Å². The molecule has 2 fully saturated rings. The molecule has 0 amide bonds. The van der Waals surface area contributed by atoms with Crippen LogP contribution in [-0.2, 0) is 4.74 Å². The molecule has 26 heavy (non-hydrogen) atoms. The normalized spacial score (nSPS) is 19.0. The van der Waals surface area contributed by atoms with Crippen molar-refractivity contribution in [1.29, 1.82) is 0 Å². The fraction of sp³-hybridized carbons (Fsp3) is 0.368. The molecule has 0 aliphatic carbocycles. The van der Waals surface area contributed by atoms with Gasteiger partial charge < -0.3 is 9.64 Å². The summed E-state index contributed by atoms with van der Waals surface area (Å²) < 4.78 is 20.6. The lowest BCUT2D eigenvalue weighted by molar-refractivity contribution is 0.0104. The van der Waals surface area contributed by atoms with Crippen LogP contribution in [0.1, 0.15) is 0 Å². The first-order chi connectivity index (χ1) is 12.8. The van der Waals surface area contributed by atoms with E-state index < -0.39 is 0 Å². The Balaban J connectivity index is 1.44. The number of halogens is 1. The fourth-order valence-corrected chi connectivity index (χ4v) is 3.71. The van der Waals surface area contributed by atoms with Crippen LogP contribution in [0.5, 0.6) is 0 Å². The van der Waals surface area contributed by atoms with Gasteiger partial charge in [0, 0.05) is 49.9 Å². The van der Waals surface area contributed by atoms with Crippen LogP contribution < -0.4 is 4.90 Å². The number of aromatic nitrogens is 3. The van der Waals surface area contributed by atoms with Gasteiger partial charge >= 0.3 is 0 Å². The van der Waals surface area contributed by atoms with Crippen LogP contribution in [0.4, 0.5) is 10.2 Å². The minimum Gasteiger partial charge on any atom is -0.379 e. The maximum Gasteiger partial charge on any atom is 0.157 e. The van der Waals surface area contributed by atoms with Crippen LogP contribution in [0.2, 0.25) is 0 Å². The monoisotopic (exact) mass is 353 g/mol. The van der Waals surface area contributed by atoms with Crippen molar-refractivity contribution < 1.29 is 9.13 Å². The third-order valence-electron chi connectivity index (χ3n) is 5.23. The largest absolute Gasteiger partial charge is 0.379 e. The quantitative estimate of drug-likeness (QED) is 0.721. The molecule has 0 radical (unpaired) electrons. The van der Waals surface area contributed by atoms with Gasteiger partial charge in [0.1, 0.15) is 11.6 Å². The molecule has 0 bridgehead atoms. The van der Waals surface area contributed by atoms with Crippen molar-refractivity contribution in [2.75, 3.05) is 44.3 Å². The Morgan fingerprint density at radius 3 is 2.58 bits per heavy atom. The highest BCUT2D eigenvalue weighted by Crippen LogP contribution is 2.29. The Morgan fingerprint density at radius 1 is 1.04 bits per heavy atom. The summed E-state index contributed by atoms with van der Waals surface area (Å²) in [6, 6.07) is 11.0. The Morgan fingerprint density at radius 2 is 1.81 bits per heavy atom. The van der Waals surface area contributed by atoms with Crippen LogP contribution in [0.25, 0.3) is 16.9 Å². The number of hydrogen-bond donors (Lipinski definition) is 0. The second kappa shape index (κ2) is 6.34. The molecule has 0 atom stereocenters. The lowest BCUT2D eigenvalue weighted by atomic mass is 10.1. The van der Waals surface area contributed by atoms with Crippen molar-refractivity contribution in [2.24, 2.45) is 0 Å². The zero-order valence-electron chi connectivity index (χ0n) is 14.4. The number of hydrogen-bond acceptors (Lipinski definition) is 5. The van der Waals surface area contributed by atoms with Gasteiger partial charge in [0.05, 0.1) is 25.1 Å². The maximum atomic E-state index is 13.2. The molecule has 5 rings (SSSR count). The van der Waals surface area contributed by atoms with Crippen LogP contribution >= 0.6 is 0 Å². The number of ether oxygens (including phenoxy) is 1. The van der Waals surface area contributed by atoms with Crippen molar-refractivity contribution in [3.05, 3.63) is 48.4 Å². The molecule has 2 saturated heterocycles. The summed E-state index contributed by atoms with van der Waals surface area (Å²) in [6.07, 6.45) is 1.76. The number of nitrogens with zero attached hydrogens (tertiary/aromatic N) is 5. The predicted molar refractivity (Wildman–Crippen MR) is 96.8 cm³/mol. The van der Waals surface area contributed by atoms with Gasteiger partial charge in [0.2, 0.25) is 0 Å². The van der Waals surface area contributed by atoms with E-state index in [1.807, 2.05) is 16.6 Å². The van der Waals surface area contributed by atoms with Gasteiger partial charge in [-0.25, -0.2) is 9.37 Å². The number of benzene rings is 1. The lowest BCUT2D eigenvalue weighted by Gasteiger charge is -2.47. The molecule has 2 aromatic heterocycles. The van der Waals surface area contributed by atoms with Gasteiger partial charge in [-0.3, -0.25) is 4.90 Å². The number of fused-ring (bicyclic) bond motifs is 1. The highest BCUT2D eigenvalue weighted by atomic mass is 19.1. The minimum absolute atomic E-state index is 0.240. The average Bonchev–Trinajstić information content (AvgIpc) is 3.11.